The van der Waals surface area contributed by atoms with Gasteiger partial charge in [0.1, 0.15) is 15.9 Å². The van der Waals surface area contributed by atoms with Crippen molar-refractivity contribution in [2.45, 2.75) is 38.1 Å². The van der Waals surface area contributed by atoms with E-state index < -0.39 is 21.8 Å². The number of hydrogen-bond donors (Lipinski definition) is 2. The van der Waals surface area contributed by atoms with E-state index in [0.29, 0.717) is 12.8 Å². The van der Waals surface area contributed by atoms with Gasteiger partial charge in [0, 0.05) is 18.6 Å². The van der Waals surface area contributed by atoms with Crippen molar-refractivity contribution in [2.24, 2.45) is 11.8 Å². The van der Waals surface area contributed by atoms with Crippen molar-refractivity contribution in [3.8, 4) is 0 Å². The largest absolute Gasteiger partial charge is 0.480 e. The fourth-order valence-corrected chi connectivity index (χ4v) is 4.15. The summed E-state index contributed by atoms with van der Waals surface area (Å²) in [7, 11) is -3.06. The van der Waals surface area contributed by atoms with Gasteiger partial charge in [-0.25, -0.2) is 13.2 Å². The Hall–Kier alpha value is -1.89. The van der Waals surface area contributed by atoms with E-state index in [1.807, 2.05) is 30.3 Å². The molecule has 1 aromatic carbocycles. The van der Waals surface area contributed by atoms with Crippen LogP contribution < -0.4 is 5.32 Å². The molecule has 2 rings (SSSR count). The van der Waals surface area contributed by atoms with E-state index >= 15 is 0 Å². The van der Waals surface area contributed by atoms with Crippen LogP contribution in [0.5, 0.6) is 0 Å². The molecule has 1 aliphatic rings. The van der Waals surface area contributed by atoms with Gasteiger partial charge >= 0.3 is 5.97 Å². The lowest BCUT2D eigenvalue weighted by molar-refractivity contribution is -0.142. The number of carbonyl (C=O) groups excluding carboxylic acids is 1. The molecule has 25 heavy (non-hydrogen) atoms. The molecule has 2 N–H and O–H groups in total. The van der Waals surface area contributed by atoms with Crippen LogP contribution >= 0.6 is 0 Å². The molecule has 1 amide bonds. The molecular weight excluding hydrogens is 342 g/mol. The number of nitrogens with one attached hydrogen (secondary N) is 1. The van der Waals surface area contributed by atoms with E-state index in [4.69, 9.17) is 0 Å². The Morgan fingerprint density at radius 3 is 2.52 bits per heavy atom. The predicted octanol–water partition coefficient (Wildman–Crippen LogP) is 1.65. The Kier molecular flexibility index (Phi) is 6.58. The van der Waals surface area contributed by atoms with Crippen LogP contribution in [0, 0.1) is 11.8 Å². The minimum absolute atomic E-state index is 0.000829. The second-order valence-corrected chi connectivity index (χ2v) is 9.06. The maximum Gasteiger partial charge on any atom is 0.326 e. The summed E-state index contributed by atoms with van der Waals surface area (Å²) >= 11 is 0. The number of sulfone groups is 1. The smallest absolute Gasteiger partial charge is 0.326 e. The fraction of sp³-hybridized carbons (Fsp3) is 0.556. The third kappa shape index (κ3) is 6.16. The minimum Gasteiger partial charge on any atom is -0.480 e. The van der Waals surface area contributed by atoms with Crippen molar-refractivity contribution in [1.29, 1.82) is 0 Å². The van der Waals surface area contributed by atoms with Crippen LogP contribution in [-0.4, -0.2) is 43.5 Å². The van der Waals surface area contributed by atoms with Crippen LogP contribution in [-0.2, 0) is 25.8 Å². The van der Waals surface area contributed by atoms with Crippen molar-refractivity contribution in [3.05, 3.63) is 35.9 Å². The number of rotatable bonds is 8. The molecule has 138 valence electrons. The maximum absolute atomic E-state index is 12.6. The van der Waals surface area contributed by atoms with Crippen molar-refractivity contribution >= 4 is 21.7 Å². The number of carboxylic acids is 1. The predicted molar refractivity (Wildman–Crippen MR) is 94.9 cm³/mol. The van der Waals surface area contributed by atoms with E-state index in [-0.39, 0.29) is 29.9 Å². The SMILES string of the molecule is CS(=O)(=O)CCC1CCCC1C(=O)N[C@@H](Cc1ccccc1)C(=O)O. The maximum atomic E-state index is 12.6. The topological polar surface area (TPSA) is 101 Å². The summed E-state index contributed by atoms with van der Waals surface area (Å²) in [6.45, 7) is 0. The Balaban J connectivity index is 1.98. The van der Waals surface area contributed by atoms with E-state index in [2.05, 4.69) is 5.32 Å². The normalized spacial score (nSPS) is 21.6. The molecular formula is C18H25NO5S. The molecule has 7 heteroatoms. The van der Waals surface area contributed by atoms with Gasteiger partial charge in [0.15, 0.2) is 0 Å². The molecule has 1 aliphatic carbocycles. The van der Waals surface area contributed by atoms with Crippen LogP contribution in [0.15, 0.2) is 30.3 Å². The minimum atomic E-state index is -3.06. The first kappa shape index (κ1) is 19.4. The van der Waals surface area contributed by atoms with Gasteiger partial charge in [-0.05, 0) is 30.7 Å². The van der Waals surface area contributed by atoms with Gasteiger partial charge in [-0.3, -0.25) is 4.79 Å². The highest BCUT2D eigenvalue weighted by atomic mass is 32.2. The monoisotopic (exact) mass is 367 g/mol. The van der Waals surface area contributed by atoms with Gasteiger partial charge in [-0.2, -0.15) is 0 Å². The second kappa shape index (κ2) is 8.47. The molecule has 6 nitrogen and oxygen atoms in total. The van der Waals surface area contributed by atoms with Gasteiger partial charge in [-0.1, -0.05) is 36.8 Å². The van der Waals surface area contributed by atoms with Crippen LogP contribution in [0.25, 0.3) is 0 Å². The first-order chi connectivity index (χ1) is 11.8. The fourth-order valence-electron chi connectivity index (χ4n) is 3.42. The summed E-state index contributed by atoms with van der Waals surface area (Å²) in [6.07, 6.45) is 4.22. The van der Waals surface area contributed by atoms with Gasteiger partial charge < -0.3 is 10.4 Å². The molecule has 2 unspecified atom stereocenters. The van der Waals surface area contributed by atoms with Crippen molar-refractivity contribution < 1.29 is 23.1 Å². The quantitative estimate of drug-likeness (QED) is 0.728. The highest BCUT2D eigenvalue weighted by Crippen LogP contribution is 2.34. The molecule has 0 saturated heterocycles. The summed E-state index contributed by atoms with van der Waals surface area (Å²) in [5.41, 5.74) is 0.843. The Morgan fingerprint density at radius 1 is 1.24 bits per heavy atom. The lowest BCUT2D eigenvalue weighted by Crippen LogP contribution is -2.45. The Bertz CT molecular complexity index is 701. The summed E-state index contributed by atoms with van der Waals surface area (Å²) < 4.78 is 22.7. The lowest BCUT2D eigenvalue weighted by Gasteiger charge is -2.22. The number of benzene rings is 1. The zero-order chi connectivity index (χ0) is 18.4. The summed E-state index contributed by atoms with van der Waals surface area (Å²) in [4.78, 5) is 24.1. The van der Waals surface area contributed by atoms with Gasteiger partial charge in [0.2, 0.25) is 5.91 Å². The summed E-state index contributed by atoms with van der Waals surface area (Å²) in [5, 5.41) is 12.1. The van der Waals surface area contributed by atoms with Crippen molar-refractivity contribution in [2.75, 3.05) is 12.0 Å². The number of carboxylic acid groups (broad SMARTS) is 1. The Morgan fingerprint density at radius 2 is 1.92 bits per heavy atom. The molecule has 0 bridgehead atoms. The third-order valence-corrected chi connectivity index (χ3v) is 5.73. The number of hydrogen-bond acceptors (Lipinski definition) is 4. The van der Waals surface area contributed by atoms with E-state index in [1.54, 1.807) is 0 Å². The zero-order valence-corrected chi connectivity index (χ0v) is 15.2. The van der Waals surface area contributed by atoms with Crippen LogP contribution in [0.2, 0.25) is 0 Å². The van der Waals surface area contributed by atoms with Gasteiger partial charge in [0.25, 0.3) is 0 Å². The van der Waals surface area contributed by atoms with Crippen LogP contribution in [0.3, 0.4) is 0 Å². The Labute approximate surface area is 148 Å². The van der Waals surface area contributed by atoms with E-state index in [9.17, 15) is 23.1 Å². The average Bonchev–Trinajstić information content (AvgIpc) is 3.01. The number of aliphatic carboxylic acids is 1. The molecule has 0 radical (unpaired) electrons. The lowest BCUT2D eigenvalue weighted by atomic mass is 9.92. The van der Waals surface area contributed by atoms with E-state index in [0.717, 1.165) is 18.4 Å². The van der Waals surface area contributed by atoms with E-state index in [1.165, 1.54) is 6.26 Å². The van der Waals surface area contributed by atoms with Crippen molar-refractivity contribution in [3.63, 3.8) is 0 Å². The molecule has 1 aromatic rings. The second-order valence-electron chi connectivity index (χ2n) is 6.81. The molecule has 0 aliphatic heterocycles. The third-order valence-electron chi connectivity index (χ3n) is 4.75. The molecule has 0 spiro atoms. The standard InChI is InChI=1S/C18H25NO5S/c1-25(23,24)11-10-14-8-5-9-15(14)17(20)19-16(18(21)22)12-13-6-3-2-4-7-13/h2-4,6-7,14-16H,5,8-12H2,1H3,(H,19,20)(H,21,22)/t14?,15?,16-/m0/s1. The summed E-state index contributed by atoms with van der Waals surface area (Å²) in [5.74, 6) is -1.59. The molecule has 1 saturated carbocycles. The number of amides is 1. The molecule has 0 aromatic heterocycles. The summed E-state index contributed by atoms with van der Waals surface area (Å²) in [6, 6.07) is 8.18. The van der Waals surface area contributed by atoms with Gasteiger partial charge in [0.05, 0.1) is 5.75 Å². The first-order valence-corrected chi connectivity index (χ1v) is 10.6. The molecule has 3 atom stereocenters. The zero-order valence-electron chi connectivity index (χ0n) is 14.3. The van der Waals surface area contributed by atoms with Crippen molar-refractivity contribution in [1.82, 2.24) is 5.32 Å². The molecule has 0 heterocycles. The van der Waals surface area contributed by atoms with Crippen LogP contribution in [0.4, 0.5) is 0 Å². The first-order valence-electron chi connectivity index (χ1n) is 8.51. The average molecular weight is 367 g/mol. The highest BCUT2D eigenvalue weighted by Gasteiger charge is 2.35. The number of carbonyl (C=O) groups is 2. The van der Waals surface area contributed by atoms with Gasteiger partial charge in [-0.15, -0.1) is 0 Å². The highest BCUT2D eigenvalue weighted by molar-refractivity contribution is 7.90. The van der Waals surface area contributed by atoms with Crippen LogP contribution in [0.1, 0.15) is 31.2 Å². The molecule has 1 fully saturated rings.